The van der Waals surface area contributed by atoms with Gasteiger partial charge in [0.25, 0.3) is 0 Å². The summed E-state index contributed by atoms with van der Waals surface area (Å²) < 4.78 is 0. The Kier molecular flexibility index (Phi) is 1.80. The summed E-state index contributed by atoms with van der Waals surface area (Å²) in [6.07, 6.45) is 5.55. The third-order valence-electron chi connectivity index (χ3n) is 2.64. The number of allylic oxidation sites excluding steroid dienone is 1. The molecule has 0 nitrogen and oxygen atoms in total. The zero-order valence-electron chi connectivity index (χ0n) is 8.59. The smallest absolute Gasteiger partial charge is 0.00881 e. The van der Waals surface area contributed by atoms with Gasteiger partial charge in [0, 0.05) is 0 Å². The van der Waals surface area contributed by atoms with Crippen molar-refractivity contribution in [2.24, 2.45) is 0 Å². The van der Waals surface area contributed by atoms with E-state index in [2.05, 4.69) is 51.1 Å². The summed E-state index contributed by atoms with van der Waals surface area (Å²) in [4.78, 5) is 0. The predicted molar refractivity (Wildman–Crippen MR) is 57.9 cm³/mol. The standard InChI is InChI=1S/C13H16/c1-13(2,3)12-8-7-10-5-4-6-11(10)9-12/h4-5,7-9H,6H2,1-3H3. The van der Waals surface area contributed by atoms with E-state index in [-0.39, 0.29) is 5.41 Å². The fourth-order valence-electron chi connectivity index (χ4n) is 1.72. The second kappa shape index (κ2) is 2.73. The SMILES string of the molecule is CC(C)(C)c1ccc2c(c1)CC=C2. The topological polar surface area (TPSA) is 0 Å². The Bertz CT molecular complexity index is 351. The van der Waals surface area contributed by atoms with E-state index in [1.54, 1.807) is 0 Å². The second-order valence-electron chi connectivity index (χ2n) is 4.77. The highest BCUT2D eigenvalue weighted by molar-refractivity contribution is 5.60. The second-order valence-corrected chi connectivity index (χ2v) is 4.77. The maximum Gasteiger partial charge on any atom is -0.00881 e. The molecule has 0 atom stereocenters. The molecule has 0 radical (unpaired) electrons. The summed E-state index contributed by atoms with van der Waals surface area (Å²) in [5.74, 6) is 0. The van der Waals surface area contributed by atoms with Crippen LogP contribution in [0, 0.1) is 0 Å². The summed E-state index contributed by atoms with van der Waals surface area (Å²) >= 11 is 0. The first kappa shape index (κ1) is 8.55. The van der Waals surface area contributed by atoms with Crippen LogP contribution < -0.4 is 0 Å². The van der Waals surface area contributed by atoms with E-state index >= 15 is 0 Å². The van der Waals surface area contributed by atoms with Crippen molar-refractivity contribution < 1.29 is 0 Å². The van der Waals surface area contributed by atoms with Crippen molar-refractivity contribution in [1.82, 2.24) is 0 Å². The Balaban J connectivity index is 2.45. The van der Waals surface area contributed by atoms with Gasteiger partial charge in [0.2, 0.25) is 0 Å². The van der Waals surface area contributed by atoms with Crippen molar-refractivity contribution >= 4 is 6.08 Å². The number of benzene rings is 1. The van der Waals surface area contributed by atoms with Gasteiger partial charge in [-0.3, -0.25) is 0 Å². The summed E-state index contributed by atoms with van der Waals surface area (Å²) in [5, 5.41) is 0. The summed E-state index contributed by atoms with van der Waals surface area (Å²) in [6, 6.07) is 6.82. The van der Waals surface area contributed by atoms with E-state index < -0.39 is 0 Å². The molecule has 13 heavy (non-hydrogen) atoms. The molecule has 0 N–H and O–H groups in total. The molecular formula is C13H16. The molecule has 0 bridgehead atoms. The zero-order valence-corrected chi connectivity index (χ0v) is 8.59. The van der Waals surface area contributed by atoms with Crippen LogP contribution in [0.15, 0.2) is 24.3 Å². The van der Waals surface area contributed by atoms with Crippen molar-refractivity contribution in [3.05, 3.63) is 41.0 Å². The molecule has 2 rings (SSSR count). The van der Waals surface area contributed by atoms with Gasteiger partial charge < -0.3 is 0 Å². The van der Waals surface area contributed by atoms with Gasteiger partial charge in [-0.2, -0.15) is 0 Å². The normalized spacial score (nSPS) is 14.7. The van der Waals surface area contributed by atoms with Gasteiger partial charge in [0.1, 0.15) is 0 Å². The van der Waals surface area contributed by atoms with E-state index in [9.17, 15) is 0 Å². The van der Waals surface area contributed by atoms with E-state index in [4.69, 9.17) is 0 Å². The number of fused-ring (bicyclic) bond motifs is 1. The highest BCUT2D eigenvalue weighted by atomic mass is 14.2. The molecule has 0 saturated heterocycles. The van der Waals surface area contributed by atoms with Crippen LogP contribution in [0.25, 0.3) is 6.08 Å². The molecule has 68 valence electrons. The van der Waals surface area contributed by atoms with Crippen LogP contribution in [0.3, 0.4) is 0 Å². The lowest BCUT2D eigenvalue weighted by Gasteiger charge is -2.19. The maximum atomic E-state index is 2.34. The third kappa shape index (κ3) is 1.53. The van der Waals surface area contributed by atoms with E-state index in [0.717, 1.165) is 6.42 Å². The molecule has 1 aliphatic carbocycles. The molecule has 0 spiro atoms. The van der Waals surface area contributed by atoms with Crippen LogP contribution in [-0.4, -0.2) is 0 Å². The van der Waals surface area contributed by atoms with Gasteiger partial charge in [-0.25, -0.2) is 0 Å². The average molecular weight is 172 g/mol. The van der Waals surface area contributed by atoms with E-state index in [0.29, 0.717) is 0 Å². The lowest BCUT2D eigenvalue weighted by molar-refractivity contribution is 0.589. The largest absolute Gasteiger partial charge is 0.0795 e. The molecule has 0 saturated carbocycles. The Labute approximate surface area is 80.3 Å². The van der Waals surface area contributed by atoms with Crippen LogP contribution in [0.4, 0.5) is 0 Å². The van der Waals surface area contributed by atoms with E-state index in [1.165, 1.54) is 16.7 Å². The first-order valence-corrected chi connectivity index (χ1v) is 4.87. The quantitative estimate of drug-likeness (QED) is 0.561. The van der Waals surface area contributed by atoms with Crippen LogP contribution in [0.1, 0.15) is 37.5 Å². The fourth-order valence-corrected chi connectivity index (χ4v) is 1.72. The highest BCUT2D eigenvalue weighted by Crippen LogP contribution is 2.27. The van der Waals surface area contributed by atoms with Crippen LogP contribution in [0.5, 0.6) is 0 Å². The van der Waals surface area contributed by atoms with Gasteiger partial charge in [0.05, 0.1) is 0 Å². The van der Waals surface area contributed by atoms with Crippen LogP contribution in [0.2, 0.25) is 0 Å². The molecule has 1 aliphatic rings. The minimum atomic E-state index is 0.275. The van der Waals surface area contributed by atoms with Crippen molar-refractivity contribution in [2.45, 2.75) is 32.6 Å². The van der Waals surface area contributed by atoms with Crippen molar-refractivity contribution in [3.63, 3.8) is 0 Å². The fraction of sp³-hybridized carbons (Fsp3) is 0.385. The van der Waals surface area contributed by atoms with Gasteiger partial charge in [-0.15, -0.1) is 0 Å². The molecule has 0 amide bonds. The maximum absolute atomic E-state index is 2.34. The Morgan fingerprint density at radius 3 is 2.62 bits per heavy atom. The molecule has 1 aromatic carbocycles. The number of rotatable bonds is 0. The highest BCUT2D eigenvalue weighted by Gasteiger charge is 2.15. The summed E-state index contributed by atoms with van der Waals surface area (Å²) in [7, 11) is 0. The van der Waals surface area contributed by atoms with Gasteiger partial charge in [0.15, 0.2) is 0 Å². The molecule has 0 aromatic heterocycles. The molecule has 0 heteroatoms. The first-order chi connectivity index (χ1) is 6.07. The third-order valence-corrected chi connectivity index (χ3v) is 2.64. The lowest BCUT2D eigenvalue weighted by Crippen LogP contribution is -2.11. The van der Waals surface area contributed by atoms with Gasteiger partial charge in [-0.1, -0.05) is 51.1 Å². The van der Waals surface area contributed by atoms with Crippen molar-refractivity contribution in [1.29, 1.82) is 0 Å². The predicted octanol–water partition coefficient (Wildman–Crippen LogP) is 3.55. The Morgan fingerprint density at radius 1 is 1.15 bits per heavy atom. The Hall–Kier alpha value is -1.04. The summed E-state index contributed by atoms with van der Waals surface area (Å²) in [6.45, 7) is 6.78. The van der Waals surface area contributed by atoms with E-state index in [1.807, 2.05) is 0 Å². The minimum Gasteiger partial charge on any atom is -0.0795 e. The van der Waals surface area contributed by atoms with Crippen molar-refractivity contribution in [3.8, 4) is 0 Å². The average Bonchev–Trinajstić information content (AvgIpc) is 2.47. The summed E-state index contributed by atoms with van der Waals surface area (Å²) in [5.41, 5.74) is 4.59. The molecule has 1 aromatic rings. The first-order valence-electron chi connectivity index (χ1n) is 4.87. The number of hydrogen-bond donors (Lipinski definition) is 0. The lowest BCUT2D eigenvalue weighted by atomic mass is 9.85. The van der Waals surface area contributed by atoms with Gasteiger partial charge in [-0.05, 0) is 28.5 Å². The monoisotopic (exact) mass is 172 g/mol. The van der Waals surface area contributed by atoms with Crippen molar-refractivity contribution in [2.75, 3.05) is 0 Å². The Morgan fingerprint density at radius 2 is 1.92 bits per heavy atom. The molecule has 0 heterocycles. The molecule has 0 unspecified atom stereocenters. The molecular weight excluding hydrogens is 156 g/mol. The van der Waals surface area contributed by atoms with Crippen LogP contribution >= 0.6 is 0 Å². The van der Waals surface area contributed by atoms with Crippen LogP contribution in [-0.2, 0) is 11.8 Å². The molecule has 0 fully saturated rings. The number of hydrogen-bond acceptors (Lipinski definition) is 0. The molecule has 0 aliphatic heterocycles. The van der Waals surface area contributed by atoms with Gasteiger partial charge >= 0.3 is 0 Å². The minimum absolute atomic E-state index is 0.275. The zero-order chi connectivity index (χ0) is 9.47.